The normalized spacial score (nSPS) is 21.6. The highest BCUT2D eigenvalue weighted by molar-refractivity contribution is 5.91. The lowest BCUT2D eigenvalue weighted by atomic mass is 9.61. The number of rotatable bonds is 3. The van der Waals surface area contributed by atoms with E-state index in [4.69, 9.17) is 0 Å². The molecule has 6 rings (SSSR count). The molecule has 4 heterocycles. The first-order valence-electron chi connectivity index (χ1n) is 11.6. The zero-order chi connectivity index (χ0) is 22.1. The Bertz CT molecular complexity index is 1060. The molecule has 32 heavy (non-hydrogen) atoms. The van der Waals surface area contributed by atoms with E-state index >= 15 is 0 Å². The summed E-state index contributed by atoms with van der Waals surface area (Å²) in [6.45, 7) is 8.64. The van der Waals surface area contributed by atoms with Crippen LogP contribution in [0.4, 0.5) is 5.69 Å². The predicted octanol–water partition coefficient (Wildman–Crippen LogP) is 3.05. The van der Waals surface area contributed by atoms with Crippen molar-refractivity contribution in [2.24, 2.45) is 11.3 Å². The van der Waals surface area contributed by atoms with E-state index in [9.17, 15) is 4.79 Å². The van der Waals surface area contributed by atoms with Crippen molar-refractivity contribution in [1.29, 1.82) is 0 Å². The standard InChI is InChI=1S/C19H26N6O.C6H6/c1-12-3-4-24(8-12)15-5-13(2)17-22-16(23-25(17)9-15)18(26)21-14-6-19(7-14)10-20-11-19;1-2-4-6-5-3-1/h5,9,12,14,20H,3-4,6-8,10-11H2,1-2H3,(H,21,26);1-6H. The lowest BCUT2D eigenvalue weighted by molar-refractivity contribution is 0.0230. The van der Waals surface area contributed by atoms with Gasteiger partial charge >= 0.3 is 0 Å². The molecule has 1 aliphatic carbocycles. The van der Waals surface area contributed by atoms with Crippen molar-refractivity contribution >= 4 is 17.2 Å². The largest absolute Gasteiger partial charge is 0.370 e. The SMILES string of the molecule is Cc1cc(N2CCC(C)C2)cn2nc(C(=O)NC3CC4(CNC4)C3)nc12.c1ccccc1. The summed E-state index contributed by atoms with van der Waals surface area (Å²) in [5, 5.41) is 10.9. The molecule has 2 N–H and O–H groups in total. The predicted molar refractivity (Wildman–Crippen MR) is 126 cm³/mol. The molecule has 2 aliphatic heterocycles. The van der Waals surface area contributed by atoms with Gasteiger partial charge < -0.3 is 15.5 Å². The van der Waals surface area contributed by atoms with Crippen LogP contribution in [0.5, 0.6) is 0 Å². The van der Waals surface area contributed by atoms with Crippen molar-refractivity contribution < 1.29 is 4.79 Å². The summed E-state index contributed by atoms with van der Waals surface area (Å²) in [7, 11) is 0. The Morgan fingerprint density at radius 3 is 2.41 bits per heavy atom. The Hall–Kier alpha value is -2.93. The van der Waals surface area contributed by atoms with Gasteiger partial charge in [-0.05, 0) is 49.1 Å². The molecule has 7 nitrogen and oxygen atoms in total. The summed E-state index contributed by atoms with van der Waals surface area (Å²) in [5.74, 6) is 0.837. The van der Waals surface area contributed by atoms with Gasteiger partial charge in [0, 0.05) is 32.2 Å². The molecule has 1 atom stereocenters. The minimum atomic E-state index is -0.156. The van der Waals surface area contributed by atoms with Gasteiger partial charge in [0.15, 0.2) is 5.65 Å². The van der Waals surface area contributed by atoms with Gasteiger partial charge in [-0.1, -0.05) is 43.3 Å². The molecule has 1 amide bonds. The lowest BCUT2D eigenvalue weighted by Gasteiger charge is -2.54. The number of nitrogens with zero attached hydrogens (tertiary/aromatic N) is 4. The molecule has 1 saturated carbocycles. The number of fused-ring (bicyclic) bond motifs is 1. The van der Waals surface area contributed by atoms with Crippen molar-refractivity contribution in [3.63, 3.8) is 0 Å². The average molecular weight is 433 g/mol. The molecule has 3 aromatic rings. The number of aryl methyl sites for hydroxylation is 1. The first-order chi connectivity index (χ1) is 15.5. The Kier molecular flexibility index (Phi) is 5.59. The van der Waals surface area contributed by atoms with Crippen molar-refractivity contribution in [3.05, 3.63) is 60.0 Å². The zero-order valence-electron chi connectivity index (χ0n) is 18.9. The van der Waals surface area contributed by atoms with Gasteiger partial charge in [-0.2, -0.15) is 0 Å². The summed E-state index contributed by atoms with van der Waals surface area (Å²) < 4.78 is 1.76. The molecule has 3 aliphatic rings. The molecule has 0 bridgehead atoms. The van der Waals surface area contributed by atoms with Gasteiger partial charge in [-0.15, -0.1) is 5.10 Å². The van der Waals surface area contributed by atoms with Gasteiger partial charge in [0.25, 0.3) is 5.91 Å². The highest BCUT2D eigenvalue weighted by Crippen LogP contribution is 2.44. The van der Waals surface area contributed by atoms with Gasteiger partial charge in [0.2, 0.25) is 5.82 Å². The second-order valence-electron chi connectivity index (χ2n) is 9.76. The summed E-state index contributed by atoms with van der Waals surface area (Å²) in [6, 6.07) is 14.4. The highest BCUT2D eigenvalue weighted by Gasteiger charge is 2.48. The van der Waals surface area contributed by atoms with E-state index in [1.54, 1.807) is 4.52 Å². The van der Waals surface area contributed by atoms with E-state index in [0.717, 1.165) is 61.8 Å². The van der Waals surface area contributed by atoms with Crippen LogP contribution in [0.3, 0.4) is 0 Å². The highest BCUT2D eigenvalue weighted by atomic mass is 16.2. The van der Waals surface area contributed by atoms with Crippen LogP contribution in [0.1, 0.15) is 42.4 Å². The van der Waals surface area contributed by atoms with E-state index in [2.05, 4.69) is 38.6 Å². The third-order valence-electron chi connectivity index (χ3n) is 6.96. The van der Waals surface area contributed by atoms with Crippen molar-refractivity contribution in [3.8, 4) is 0 Å². The maximum Gasteiger partial charge on any atom is 0.291 e. The third kappa shape index (κ3) is 4.21. The maximum absolute atomic E-state index is 12.6. The van der Waals surface area contributed by atoms with Crippen molar-refractivity contribution in [1.82, 2.24) is 25.2 Å². The van der Waals surface area contributed by atoms with Crippen LogP contribution in [-0.2, 0) is 0 Å². The van der Waals surface area contributed by atoms with Crippen LogP contribution in [0, 0.1) is 18.3 Å². The summed E-state index contributed by atoms with van der Waals surface area (Å²) in [4.78, 5) is 19.4. The molecular weight excluding hydrogens is 400 g/mol. The van der Waals surface area contributed by atoms with Crippen LogP contribution in [0.25, 0.3) is 5.65 Å². The van der Waals surface area contributed by atoms with Crippen LogP contribution >= 0.6 is 0 Å². The monoisotopic (exact) mass is 432 g/mol. The van der Waals surface area contributed by atoms with Gasteiger partial charge in [-0.3, -0.25) is 4.79 Å². The van der Waals surface area contributed by atoms with Crippen LogP contribution in [-0.4, -0.2) is 52.7 Å². The number of aromatic nitrogens is 3. The lowest BCUT2D eigenvalue weighted by Crippen LogP contribution is -2.65. The minimum absolute atomic E-state index is 0.156. The summed E-state index contributed by atoms with van der Waals surface area (Å²) in [6.07, 6.45) is 5.36. The number of hydrogen-bond acceptors (Lipinski definition) is 5. The molecule has 1 aromatic carbocycles. The molecule has 2 aromatic heterocycles. The van der Waals surface area contributed by atoms with E-state index in [0.29, 0.717) is 5.41 Å². The van der Waals surface area contributed by atoms with E-state index < -0.39 is 0 Å². The third-order valence-corrected chi connectivity index (χ3v) is 6.96. The molecule has 2 saturated heterocycles. The van der Waals surface area contributed by atoms with Crippen molar-refractivity contribution in [2.45, 2.75) is 39.2 Å². The number of amides is 1. The van der Waals surface area contributed by atoms with Crippen molar-refractivity contribution in [2.75, 3.05) is 31.1 Å². The van der Waals surface area contributed by atoms with Crippen LogP contribution < -0.4 is 15.5 Å². The Morgan fingerprint density at radius 2 is 1.84 bits per heavy atom. The number of carbonyl (C=O) groups excluding carboxylic acids is 1. The smallest absolute Gasteiger partial charge is 0.291 e. The molecule has 0 radical (unpaired) electrons. The Morgan fingerprint density at radius 1 is 1.16 bits per heavy atom. The Labute approximate surface area is 189 Å². The van der Waals surface area contributed by atoms with Gasteiger partial charge in [0.05, 0.1) is 11.9 Å². The number of pyridine rings is 1. The number of benzene rings is 1. The average Bonchev–Trinajstić information content (AvgIpc) is 3.37. The second kappa shape index (κ2) is 8.54. The number of anilines is 1. The zero-order valence-corrected chi connectivity index (χ0v) is 18.9. The molecule has 7 heteroatoms. The number of carbonyl (C=O) groups is 1. The van der Waals surface area contributed by atoms with Crippen LogP contribution in [0.15, 0.2) is 48.7 Å². The van der Waals surface area contributed by atoms with E-state index in [-0.39, 0.29) is 17.8 Å². The summed E-state index contributed by atoms with van der Waals surface area (Å²) in [5.41, 5.74) is 3.42. The topological polar surface area (TPSA) is 74.6 Å². The molecular formula is C25H32N6O. The summed E-state index contributed by atoms with van der Waals surface area (Å²) >= 11 is 0. The molecule has 3 fully saturated rings. The maximum atomic E-state index is 12.6. The Balaban J connectivity index is 0.000000314. The fraction of sp³-hybridized carbons (Fsp3) is 0.480. The fourth-order valence-corrected chi connectivity index (χ4v) is 5.06. The fourth-order valence-electron chi connectivity index (χ4n) is 5.06. The number of hydrogen-bond donors (Lipinski definition) is 2. The quantitative estimate of drug-likeness (QED) is 0.665. The first kappa shape index (κ1) is 20.9. The minimum Gasteiger partial charge on any atom is -0.370 e. The molecule has 1 spiro atoms. The second-order valence-corrected chi connectivity index (χ2v) is 9.76. The molecule has 1 unspecified atom stereocenters. The molecule has 168 valence electrons. The number of nitrogens with one attached hydrogen (secondary N) is 2. The van der Waals surface area contributed by atoms with E-state index in [1.807, 2.05) is 49.5 Å². The van der Waals surface area contributed by atoms with E-state index in [1.165, 1.54) is 6.42 Å². The first-order valence-corrected chi connectivity index (χ1v) is 11.6. The van der Waals surface area contributed by atoms with Gasteiger partial charge in [-0.25, -0.2) is 9.50 Å². The van der Waals surface area contributed by atoms with Gasteiger partial charge in [0.1, 0.15) is 0 Å². The van der Waals surface area contributed by atoms with Crippen LogP contribution in [0.2, 0.25) is 0 Å².